The van der Waals surface area contributed by atoms with Crippen LogP contribution in [-0.4, -0.2) is 12.1 Å². The minimum atomic E-state index is 0.641. The smallest absolute Gasteiger partial charge is 0.180 e. The summed E-state index contributed by atoms with van der Waals surface area (Å²) in [7, 11) is 1.69. The third kappa shape index (κ3) is 2.58. The third-order valence-corrected chi connectivity index (χ3v) is 3.58. The monoisotopic (exact) mass is 248 g/mol. The summed E-state index contributed by atoms with van der Waals surface area (Å²) in [5, 5.41) is 0.641. The van der Waals surface area contributed by atoms with Crippen molar-refractivity contribution in [3.8, 4) is 5.75 Å². The van der Waals surface area contributed by atoms with Crippen molar-refractivity contribution in [1.29, 1.82) is 0 Å². The van der Waals surface area contributed by atoms with Crippen LogP contribution in [0.3, 0.4) is 0 Å². The fourth-order valence-electron chi connectivity index (χ4n) is 1.86. The number of hydrogen-bond donors (Lipinski definition) is 1. The van der Waals surface area contributed by atoms with Gasteiger partial charge in [0.05, 0.1) is 12.8 Å². The number of nitrogen functional groups attached to an aromatic ring is 1. The summed E-state index contributed by atoms with van der Waals surface area (Å²) >= 11 is 1.54. The molecular formula is C13H16N2OS. The molecule has 0 saturated carbocycles. The van der Waals surface area contributed by atoms with Crippen LogP contribution in [0, 0.1) is 13.8 Å². The van der Waals surface area contributed by atoms with Crippen molar-refractivity contribution >= 4 is 16.5 Å². The fraction of sp³-hybridized carbons (Fsp3) is 0.308. The van der Waals surface area contributed by atoms with Gasteiger partial charge in [-0.05, 0) is 31.0 Å². The van der Waals surface area contributed by atoms with E-state index >= 15 is 0 Å². The molecule has 0 aliphatic rings. The molecule has 1 aromatic carbocycles. The predicted molar refractivity (Wildman–Crippen MR) is 71.8 cm³/mol. The molecule has 0 aliphatic heterocycles. The summed E-state index contributed by atoms with van der Waals surface area (Å²) in [6.07, 6.45) is 0.824. The Morgan fingerprint density at radius 3 is 2.65 bits per heavy atom. The average Bonchev–Trinajstić information content (AvgIpc) is 2.58. The SMILES string of the molecule is COc1ccc(Cc2nc(N)sc2C)cc1C. The minimum Gasteiger partial charge on any atom is -0.496 e. The predicted octanol–water partition coefficient (Wildman–Crippen LogP) is 2.94. The maximum atomic E-state index is 5.70. The van der Waals surface area contributed by atoms with E-state index in [2.05, 4.69) is 24.0 Å². The van der Waals surface area contributed by atoms with Crippen molar-refractivity contribution in [3.63, 3.8) is 0 Å². The Labute approximate surface area is 105 Å². The molecule has 2 rings (SSSR count). The molecular weight excluding hydrogens is 232 g/mol. The van der Waals surface area contributed by atoms with Gasteiger partial charge < -0.3 is 10.5 Å². The van der Waals surface area contributed by atoms with Crippen LogP contribution in [0.5, 0.6) is 5.75 Å². The summed E-state index contributed by atoms with van der Waals surface area (Å²) in [5.74, 6) is 0.920. The van der Waals surface area contributed by atoms with Gasteiger partial charge in [0.1, 0.15) is 5.75 Å². The third-order valence-electron chi connectivity index (χ3n) is 2.74. The average molecular weight is 248 g/mol. The van der Waals surface area contributed by atoms with Crippen LogP contribution in [-0.2, 0) is 6.42 Å². The molecule has 4 heteroatoms. The summed E-state index contributed by atoms with van der Waals surface area (Å²) in [6.45, 7) is 4.10. The van der Waals surface area contributed by atoms with E-state index < -0.39 is 0 Å². The van der Waals surface area contributed by atoms with Crippen molar-refractivity contribution in [2.45, 2.75) is 20.3 Å². The second kappa shape index (κ2) is 4.75. The van der Waals surface area contributed by atoms with Gasteiger partial charge in [-0.25, -0.2) is 4.98 Å². The highest BCUT2D eigenvalue weighted by atomic mass is 32.1. The van der Waals surface area contributed by atoms with Gasteiger partial charge in [0.15, 0.2) is 5.13 Å². The van der Waals surface area contributed by atoms with Crippen LogP contribution in [0.1, 0.15) is 21.7 Å². The molecule has 0 amide bonds. The first kappa shape index (κ1) is 11.9. The summed E-state index contributed by atoms with van der Waals surface area (Å²) in [6, 6.07) is 6.20. The van der Waals surface area contributed by atoms with E-state index in [0.29, 0.717) is 5.13 Å². The van der Waals surface area contributed by atoms with E-state index in [0.717, 1.165) is 23.4 Å². The molecule has 0 bridgehead atoms. The molecule has 1 heterocycles. The first-order valence-electron chi connectivity index (χ1n) is 5.45. The van der Waals surface area contributed by atoms with Crippen LogP contribution >= 0.6 is 11.3 Å². The lowest BCUT2D eigenvalue weighted by Crippen LogP contribution is -1.94. The zero-order valence-electron chi connectivity index (χ0n) is 10.3. The second-order valence-electron chi connectivity index (χ2n) is 4.04. The van der Waals surface area contributed by atoms with Crippen LogP contribution in [0.15, 0.2) is 18.2 Å². The molecule has 0 radical (unpaired) electrons. The highest BCUT2D eigenvalue weighted by Gasteiger charge is 2.07. The van der Waals surface area contributed by atoms with Gasteiger partial charge in [-0.2, -0.15) is 0 Å². The van der Waals surface area contributed by atoms with E-state index in [1.54, 1.807) is 18.4 Å². The molecule has 0 aliphatic carbocycles. The molecule has 17 heavy (non-hydrogen) atoms. The van der Waals surface area contributed by atoms with Crippen LogP contribution in [0.25, 0.3) is 0 Å². The summed E-state index contributed by atoms with van der Waals surface area (Å²) in [5.41, 5.74) is 9.14. The topological polar surface area (TPSA) is 48.1 Å². The normalized spacial score (nSPS) is 10.5. The van der Waals surface area contributed by atoms with Gasteiger partial charge >= 0.3 is 0 Å². The number of hydrogen-bond acceptors (Lipinski definition) is 4. The van der Waals surface area contributed by atoms with Gasteiger partial charge in [0.25, 0.3) is 0 Å². The van der Waals surface area contributed by atoms with Gasteiger partial charge in [-0.3, -0.25) is 0 Å². The molecule has 3 nitrogen and oxygen atoms in total. The Kier molecular flexibility index (Phi) is 3.33. The molecule has 0 saturated heterocycles. The number of benzene rings is 1. The molecule has 0 spiro atoms. The standard InChI is InChI=1S/C13H16N2OS/c1-8-6-10(4-5-12(8)16-3)7-11-9(2)17-13(14)15-11/h4-6H,7H2,1-3H3,(H2,14,15). The number of thiazole rings is 1. The zero-order valence-corrected chi connectivity index (χ0v) is 11.1. The first-order valence-corrected chi connectivity index (χ1v) is 6.27. The number of aromatic nitrogens is 1. The van der Waals surface area contributed by atoms with Gasteiger partial charge in [0, 0.05) is 11.3 Å². The second-order valence-corrected chi connectivity index (χ2v) is 5.27. The Balaban J connectivity index is 2.24. The van der Waals surface area contributed by atoms with Crippen molar-refractivity contribution in [1.82, 2.24) is 4.98 Å². The Bertz CT molecular complexity index is 534. The Morgan fingerprint density at radius 2 is 2.12 bits per heavy atom. The van der Waals surface area contributed by atoms with Crippen LogP contribution in [0.2, 0.25) is 0 Å². The maximum absolute atomic E-state index is 5.70. The number of ether oxygens (including phenoxy) is 1. The van der Waals surface area contributed by atoms with E-state index in [-0.39, 0.29) is 0 Å². The van der Waals surface area contributed by atoms with E-state index in [4.69, 9.17) is 10.5 Å². The molecule has 0 unspecified atom stereocenters. The molecule has 2 N–H and O–H groups in total. The van der Waals surface area contributed by atoms with Crippen molar-refractivity contribution < 1.29 is 4.74 Å². The van der Waals surface area contributed by atoms with Crippen molar-refractivity contribution in [3.05, 3.63) is 39.9 Å². The number of methoxy groups -OCH3 is 1. The quantitative estimate of drug-likeness (QED) is 0.908. The number of nitrogens with zero attached hydrogens (tertiary/aromatic N) is 1. The number of aryl methyl sites for hydroxylation is 2. The van der Waals surface area contributed by atoms with Crippen molar-refractivity contribution in [2.24, 2.45) is 0 Å². The largest absolute Gasteiger partial charge is 0.496 e. The molecule has 90 valence electrons. The van der Waals surface area contributed by atoms with E-state index in [9.17, 15) is 0 Å². The van der Waals surface area contributed by atoms with Gasteiger partial charge in [-0.15, -0.1) is 11.3 Å². The minimum absolute atomic E-state index is 0.641. The lowest BCUT2D eigenvalue weighted by Gasteiger charge is -2.06. The number of rotatable bonds is 3. The summed E-state index contributed by atoms with van der Waals surface area (Å²) in [4.78, 5) is 5.53. The molecule has 0 fully saturated rings. The molecule has 0 atom stereocenters. The molecule has 2 aromatic rings. The van der Waals surface area contributed by atoms with Gasteiger partial charge in [0.2, 0.25) is 0 Å². The summed E-state index contributed by atoms with van der Waals surface area (Å²) < 4.78 is 5.24. The Hall–Kier alpha value is -1.55. The number of anilines is 1. The molecule has 1 aromatic heterocycles. The van der Waals surface area contributed by atoms with E-state index in [1.165, 1.54) is 10.4 Å². The van der Waals surface area contributed by atoms with Crippen molar-refractivity contribution in [2.75, 3.05) is 12.8 Å². The maximum Gasteiger partial charge on any atom is 0.180 e. The zero-order chi connectivity index (χ0) is 12.4. The van der Waals surface area contributed by atoms with Crippen LogP contribution < -0.4 is 10.5 Å². The lowest BCUT2D eigenvalue weighted by atomic mass is 10.1. The first-order chi connectivity index (χ1) is 8.10. The number of nitrogens with two attached hydrogens (primary N) is 1. The highest BCUT2D eigenvalue weighted by Crippen LogP contribution is 2.24. The highest BCUT2D eigenvalue weighted by molar-refractivity contribution is 7.15. The fourth-order valence-corrected chi connectivity index (χ4v) is 2.56. The Morgan fingerprint density at radius 1 is 1.35 bits per heavy atom. The lowest BCUT2D eigenvalue weighted by molar-refractivity contribution is 0.411. The van der Waals surface area contributed by atoms with Gasteiger partial charge in [-0.1, -0.05) is 12.1 Å². The van der Waals surface area contributed by atoms with Crippen LogP contribution in [0.4, 0.5) is 5.13 Å². The van der Waals surface area contributed by atoms with E-state index in [1.807, 2.05) is 13.0 Å².